The van der Waals surface area contributed by atoms with Crippen LogP contribution in [0.25, 0.3) is 4.85 Å². The third-order valence-corrected chi connectivity index (χ3v) is 7.80. The fourth-order valence-electron chi connectivity index (χ4n) is 3.26. The van der Waals surface area contributed by atoms with Crippen LogP contribution in [0.2, 0.25) is 0 Å². The third-order valence-electron chi connectivity index (χ3n) is 5.21. The molecule has 0 bridgehead atoms. The minimum absolute atomic E-state index is 0.0521. The topological polar surface area (TPSA) is 152 Å². The molecule has 0 spiro atoms. The molecule has 228 valence electrons. The molecule has 1 aliphatic rings. The van der Waals surface area contributed by atoms with Gasteiger partial charge in [0.25, 0.3) is 5.70 Å². The van der Waals surface area contributed by atoms with Crippen molar-refractivity contribution < 1.29 is 47.6 Å². The Balaban J connectivity index is 1.95. The molecular formula is C29H30N2O10S2. The first-order chi connectivity index (χ1) is 20.7. The lowest BCUT2D eigenvalue weighted by atomic mass is 10.2. The number of hydrogen-bond donors (Lipinski definition) is 0. The Morgan fingerprint density at radius 3 is 1.88 bits per heavy atom. The van der Waals surface area contributed by atoms with Crippen LogP contribution < -0.4 is 9.47 Å². The Morgan fingerprint density at radius 2 is 1.37 bits per heavy atom. The number of benzene rings is 1. The van der Waals surface area contributed by atoms with E-state index in [1.807, 2.05) is 13.0 Å². The van der Waals surface area contributed by atoms with Gasteiger partial charge >= 0.3 is 23.9 Å². The summed E-state index contributed by atoms with van der Waals surface area (Å²) in [5, 5.41) is 9.39. The van der Waals surface area contributed by atoms with Crippen LogP contribution in [0, 0.1) is 24.8 Å². The van der Waals surface area contributed by atoms with E-state index in [1.165, 1.54) is 23.5 Å². The highest BCUT2D eigenvalue weighted by Gasteiger charge is 2.30. The fourth-order valence-corrected chi connectivity index (χ4v) is 5.84. The maximum atomic E-state index is 11.9. The fraction of sp³-hybridized carbons (Fsp3) is 0.379. The number of fused-ring (bicyclic) bond motifs is 1. The Hall–Kier alpha value is -4.40. The number of nitrogens with zero attached hydrogens (tertiary/aromatic N) is 2. The second-order valence-corrected chi connectivity index (χ2v) is 10.6. The number of carbonyl (C=O) groups is 4. The second kappa shape index (κ2) is 18.9. The van der Waals surface area contributed by atoms with E-state index < -0.39 is 23.9 Å². The van der Waals surface area contributed by atoms with Crippen LogP contribution in [0.5, 0.6) is 11.5 Å². The van der Waals surface area contributed by atoms with Crippen molar-refractivity contribution in [3.63, 3.8) is 0 Å². The molecule has 1 aromatic carbocycles. The summed E-state index contributed by atoms with van der Waals surface area (Å²) in [6.45, 7) is 15.8. The van der Waals surface area contributed by atoms with Crippen molar-refractivity contribution in [1.29, 1.82) is 5.26 Å². The van der Waals surface area contributed by atoms with Gasteiger partial charge in [0.05, 0.1) is 39.9 Å². The van der Waals surface area contributed by atoms with Crippen molar-refractivity contribution in [2.45, 2.75) is 42.4 Å². The van der Waals surface area contributed by atoms with Gasteiger partial charge in [0.15, 0.2) is 0 Å². The summed E-state index contributed by atoms with van der Waals surface area (Å²) in [6.07, 6.45) is 2.93. The normalized spacial score (nSPS) is 12.4. The standard InChI is InChI=1S/C29H30N2O10S2/c1-5-22(32)37-13-15-39-24(34)9-7-11-36-21-17-19(3)26(28-27(21)42-29(43-28)20(18-30)31-4)41-12-8-10-25(35)40-16-14-38-23(33)6-2/h5-6,17H,1-2,7-16H2,3H3/b29-20+. The molecule has 0 N–H and O–H groups in total. The van der Waals surface area contributed by atoms with Gasteiger partial charge in [0.2, 0.25) is 0 Å². The number of ether oxygens (including phenoxy) is 6. The Bertz CT molecular complexity index is 1330. The summed E-state index contributed by atoms with van der Waals surface area (Å²) in [6, 6.07) is 3.68. The third kappa shape index (κ3) is 11.8. The Morgan fingerprint density at radius 1 is 0.860 bits per heavy atom. The van der Waals surface area contributed by atoms with Gasteiger partial charge in [-0.25, -0.2) is 19.7 Å². The molecule has 1 heterocycles. The SMILES string of the molecule is [C-]#[N+]/C(C#N)=C1\Sc2c(OCCCC(=O)OCCOC(=O)C=C)cc(C)c(OCCCC(=O)OCCOC(=O)C=C)c2S1. The maximum absolute atomic E-state index is 11.9. The highest BCUT2D eigenvalue weighted by molar-refractivity contribution is 8.24. The Labute approximate surface area is 257 Å². The van der Waals surface area contributed by atoms with E-state index in [0.29, 0.717) is 38.4 Å². The van der Waals surface area contributed by atoms with Gasteiger partial charge in [-0.2, -0.15) is 0 Å². The molecule has 0 unspecified atom stereocenters. The average Bonchev–Trinajstić information content (AvgIpc) is 3.44. The average molecular weight is 631 g/mol. The molecule has 0 atom stereocenters. The molecule has 0 radical (unpaired) electrons. The highest BCUT2D eigenvalue weighted by atomic mass is 32.2. The van der Waals surface area contributed by atoms with E-state index in [-0.39, 0.29) is 58.2 Å². The van der Waals surface area contributed by atoms with Crippen LogP contribution in [-0.2, 0) is 38.1 Å². The molecule has 0 aromatic heterocycles. The van der Waals surface area contributed by atoms with Crippen LogP contribution in [0.15, 0.2) is 51.1 Å². The van der Waals surface area contributed by atoms with Gasteiger partial charge in [-0.05, 0) is 31.4 Å². The monoisotopic (exact) mass is 630 g/mol. The van der Waals surface area contributed by atoms with Crippen molar-refractivity contribution in [2.24, 2.45) is 0 Å². The van der Waals surface area contributed by atoms with Crippen molar-refractivity contribution in [3.8, 4) is 17.6 Å². The van der Waals surface area contributed by atoms with Crippen molar-refractivity contribution >= 4 is 47.4 Å². The number of thioether (sulfide) groups is 2. The van der Waals surface area contributed by atoms with Crippen LogP contribution in [0.1, 0.15) is 31.2 Å². The molecule has 43 heavy (non-hydrogen) atoms. The van der Waals surface area contributed by atoms with E-state index in [4.69, 9.17) is 35.0 Å². The van der Waals surface area contributed by atoms with Crippen molar-refractivity contribution in [3.05, 3.63) is 58.3 Å². The molecule has 0 amide bonds. The number of hydrogen-bond acceptors (Lipinski definition) is 13. The quantitative estimate of drug-likeness (QED) is 0.0552. The van der Waals surface area contributed by atoms with E-state index in [9.17, 15) is 24.4 Å². The number of carbonyl (C=O) groups excluding carboxylic acids is 4. The highest BCUT2D eigenvalue weighted by Crippen LogP contribution is 2.59. The zero-order chi connectivity index (χ0) is 31.6. The first-order valence-corrected chi connectivity index (χ1v) is 14.6. The number of esters is 4. The van der Waals surface area contributed by atoms with Crippen LogP contribution >= 0.6 is 23.5 Å². The lowest BCUT2D eigenvalue weighted by Crippen LogP contribution is -2.13. The van der Waals surface area contributed by atoms with E-state index in [0.717, 1.165) is 17.7 Å². The van der Waals surface area contributed by atoms with Gasteiger partial charge in [-0.1, -0.05) is 36.7 Å². The van der Waals surface area contributed by atoms with E-state index >= 15 is 0 Å². The first-order valence-electron chi connectivity index (χ1n) is 12.9. The molecule has 14 heteroatoms. The lowest BCUT2D eigenvalue weighted by Gasteiger charge is -2.16. The zero-order valence-corrected chi connectivity index (χ0v) is 25.1. The molecule has 1 aliphatic heterocycles. The molecule has 0 fully saturated rings. The minimum atomic E-state index is -0.599. The van der Waals surface area contributed by atoms with Crippen LogP contribution in [0.4, 0.5) is 0 Å². The summed E-state index contributed by atoms with van der Waals surface area (Å²) < 4.78 is 32.0. The lowest BCUT2D eigenvalue weighted by molar-refractivity contribution is -0.149. The summed E-state index contributed by atoms with van der Waals surface area (Å²) >= 11 is 2.46. The minimum Gasteiger partial charge on any atom is -0.492 e. The predicted octanol–water partition coefficient (Wildman–Crippen LogP) is 4.67. The second-order valence-electron chi connectivity index (χ2n) is 8.33. The van der Waals surface area contributed by atoms with Crippen molar-refractivity contribution in [1.82, 2.24) is 0 Å². The largest absolute Gasteiger partial charge is 0.492 e. The van der Waals surface area contributed by atoms with Crippen molar-refractivity contribution in [2.75, 3.05) is 39.6 Å². The predicted molar refractivity (Wildman–Crippen MR) is 156 cm³/mol. The van der Waals surface area contributed by atoms with Crippen LogP contribution in [-0.4, -0.2) is 63.5 Å². The van der Waals surface area contributed by atoms with Gasteiger partial charge in [-0.3, -0.25) is 9.59 Å². The Kier molecular flexibility index (Phi) is 15.3. The van der Waals surface area contributed by atoms with E-state index in [2.05, 4.69) is 18.0 Å². The maximum Gasteiger partial charge on any atom is 0.330 e. The first kappa shape index (κ1) is 34.8. The smallest absolute Gasteiger partial charge is 0.330 e. The summed E-state index contributed by atoms with van der Waals surface area (Å²) in [4.78, 5) is 50.6. The molecule has 0 aliphatic carbocycles. The summed E-state index contributed by atoms with van der Waals surface area (Å²) in [7, 11) is 0. The molecule has 2 rings (SSSR count). The van der Waals surface area contributed by atoms with Gasteiger partial charge in [0.1, 0.15) is 37.9 Å². The molecule has 12 nitrogen and oxygen atoms in total. The van der Waals surface area contributed by atoms with Gasteiger partial charge < -0.3 is 28.4 Å². The number of rotatable bonds is 18. The number of aryl methyl sites for hydroxylation is 1. The zero-order valence-electron chi connectivity index (χ0n) is 23.5. The van der Waals surface area contributed by atoms with Gasteiger partial charge in [-0.15, -0.1) is 0 Å². The molecule has 0 saturated heterocycles. The van der Waals surface area contributed by atoms with Crippen LogP contribution in [0.3, 0.4) is 0 Å². The number of nitriles is 1. The number of allylic oxidation sites excluding steroid dienone is 1. The molecular weight excluding hydrogens is 600 g/mol. The summed E-state index contributed by atoms with van der Waals surface area (Å²) in [5.74, 6) is -1.07. The molecule has 1 aromatic rings. The van der Waals surface area contributed by atoms with Gasteiger partial charge in [0, 0.05) is 25.0 Å². The summed E-state index contributed by atoms with van der Waals surface area (Å²) in [5.41, 5.74) is 0.688. The van der Waals surface area contributed by atoms with E-state index in [1.54, 1.807) is 6.07 Å². The molecule has 0 saturated carbocycles.